The zero-order chi connectivity index (χ0) is 20.1. The normalized spacial score (nSPS) is 11.4. The second kappa shape index (κ2) is 8.55. The molecule has 3 rings (SSSR count). The van der Waals surface area contributed by atoms with Gasteiger partial charge in [0.2, 0.25) is 15.9 Å². The van der Waals surface area contributed by atoms with E-state index in [4.69, 9.17) is 5.14 Å². The fraction of sp³-hybridized carbons (Fsp3) is 0.167. The van der Waals surface area contributed by atoms with Crippen molar-refractivity contribution in [1.82, 2.24) is 14.8 Å². The zero-order valence-corrected chi connectivity index (χ0v) is 16.7. The van der Waals surface area contributed by atoms with Crippen molar-refractivity contribution >= 4 is 33.4 Å². The summed E-state index contributed by atoms with van der Waals surface area (Å²) in [5.74, 6) is -0.397. The number of carbonyl (C=O) groups excluding carboxylic acids is 1. The second-order valence-corrected chi connectivity index (χ2v) is 8.72. The number of primary sulfonamides is 1. The molecule has 2 aromatic carbocycles. The van der Waals surface area contributed by atoms with Gasteiger partial charge in [-0.05, 0) is 36.8 Å². The summed E-state index contributed by atoms with van der Waals surface area (Å²) in [4.78, 5) is 12.3. The van der Waals surface area contributed by atoms with Gasteiger partial charge in [-0.25, -0.2) is 13.6 Å². The monoisotopic (exact) mass is 417 g/mol. The number of anilines is 1. The van der Waals surface area contributed by atoms with Crippen molar-refractivity contribution in [2.24, 2.45) is 5.14 Å². The highest BCUT2D eigenvalue weighted by Gasteiger charge is 2.11. The van der Waals surface area contributed by atoms with Crippen molar-refractivity contribution < 1.29 is 13.2 Å². The largest absolute Gasteiger partial charge is 0.325 e. The lowest BCUT2D eigenvalue weighted by Gasteiger charge is -2.08. The molecule has 0 aliphatic rings. The average molecular weight is 418 g/mol. The molecule has 1 heterocycles. The lowest BCUT2D eigenvalue weighted by Crippen LogP contribution is -2.16. The quantitative estimate of drug-likeness (QED) is 0.568. The van der Waals surface area contributed by atoms with E-state index in [1.54, 1.807) is 30.6 Å². The van der Waals surface area contributed by atoms with Gasteiger partial charge in [0, 0.05) is 11.4 Å². The van der Waals surface area contributed by atoms with Gasteiger partial charge in [-0.3, -0.25) is 9.36 Å². The van der Waals surface area contributed by atoms with Crippen molar-refractivity contribution in [2.45, 2.75) is 17.8 Å². The summed E-state index contributed by atoms with van der Waals surface area (Å²) in [7, 11) is -3.63. The molecule has 0 bridgehead atoms. The first-order chi connectivity index (χ1) is 13.3. The number of hydrogen-bond acceptors (Lipinski definition) is 6. The Balaban J connectivity index is 1.62. The summed E-state index contributed by atoms with van der Waals surface area (Å²) in [5.41, 5.74) is 3.07. The molecular weight excluding hydrogens is 398 g/mol. The third-order valence-corrected chi connectivity index (χ3v) is 5.42. The molecule has 1 aromatic heterocycles. The van der Waals surface area contributed by atoms with Gasteiger partial charge in [0.15, 0.2) is 5.16 Å². The van der Waals surface area contributed by atoms with Crippen molar-refractivity contribution in [3.63, 3.8) is 0 Å². The first-order valence-corrected chi connectivity index (χ1v) is 11.0. The number of amides is 1. The summed E-state index contributed by atoms with van der Waals surface area (Å²) in [5, 5.41) is 16.4. The van der Waals surface area contributed by atoms with Crippen LogP contribution in [0, 0.1) is 6.92 Å². The average Bonchev–Trinajstić information content (AvgIpc) is 3.08. The SMILES string of the molecule is Cc1ccc(-n2cnnc2SCC(=O)Nc2cccc(CS(N)(=O)=O)c2)cc1. The van der Waals surface area contributed by atoms with Crippen LogP contribution in [0.2, 0.25) is 0 Å². The number of hydrogen-bond donors (Lipinski definition) is 2. The van der Waals surface area contributed by atoms with Crippen molar-refractivity contribution in [3.05, 3.63) is 66.0 Å². The minimum absolute atomic E-state index is 0.129. The standard InChI is InChI=1S/C18H19N5O3S2/c1-13-5-7-16(8-6-13)23-12-20-22-18(23)27-10-17(24)21-15-4-2-3-14(9-15)11-28(19,25)26/h2-9,12H,10-11H2,1H3,(H,21,24)(H2,19,25,26). The van der Waals surface area contributed by atoms with Gasteiger partial charge in [0.05, 0.1) is 11.5 Å². The maximum Gasteiger partial charge on any atom is 0.234 e. The van der Waals surface area contributed by atoms with E-state index in [2.05, 4.69) is 15.5 Å². The molecule has 3 N–H and O–H groups in total. The third kappa shape index (κ3) is 5.65. The van der Waals surface area contributed by atoms with Crippen molar-refractivity contribution in [2.75, 3.05) is 11.1 Å². The van der Waals surface area contributed by atoms with Crippen molar-refractivity contribution in [1.29, 1.82) is 0 Å². The van der Waals surface area contributed by atoms with Crippen LogP contribution < -0.4 is 10.5 Å². The molecule has 0 fully saturated rings. The maximum atomic E-state index is 12.3. The molecule has 10 heteroatoms. The van der Waals surface area contributed by atoms with Gasteiger partial charge in [-0.2, -0.15) is 0 Å². The number of aryl methyl sites for hydroxylation is 1. The highest BCUT2D eigenvalue weighted by atomic mass is 32.2. The Morgan fingerprint density at radius 1 is 1.21 bits per heavy atom. The van der Waals surface area contributed by atoms with Crippen LogP contribution in [-0.4, -0.2) is 34.8 Å². The molecule has 1 amide bonds. The fourth-order valence-corrected chi connectivity index (χ4v) is 3.88. The Labute approximate surface area is 167 Å². The Kier molecular flexibility index (Phi) is 6.12. The predicted molar refractivity (Wildman–Crippen MR) is 109 cm³/mol. The molecule has 0 saturated heterocycles. The molecule has 0 aliphatic carbocycles. The minimum Gasteiger partial charge on any atom is -0.325 e. The van der Waals surface area contributed by atoms with Gasteiger partial charge in [0.1, 0.15) is 6.33 Å². The molecule has 3 aromatic rings. The number of nitrogens with zero attached hydrogens (tertiary/aromatic N) is 3. The molecule has 0 aliphatic heterocycles. The topological polar surface area (TPSA) is 120 Å². The number of nitrogens with one attached hydrogen (secondary N) is 1. The lowest BCUT2D eigenvalue weighted by atomic mass is 10.2. The number of rotatable bonds is 7. The number of thioether (sulfide) groups is 1. The first-order valence-electron chi connectivity index (χ1n) is 8.29. The van der Waals surface area contributed by atoms with Gasteiger partial charge < -0.3 is 5.32 Å². The van der Waals surface area contributed by atoms with Gasteiger partial charge in [-0.1, -0.05) is 41.6 Å². The summed E-state index contributed by atoms with van der Waals surface area (Å²) < 4.78 is 24.2. The molecule has 0 radical (unpaired) electrons. The minimum atomic E-state index is -3.63. The molecule has 0 spiro atoms. The highest BCUT2D eigenvalue weighted by Crippen LogP contribution is 2.20. The number of nitrogens with two attached hydrogens (primary N) is 1. The van der Waals surface area contributed by atoms with E-state index in [-0.39, 0.29) is 17.4 Å². The van der Waals surface area contributed by atoms with E-state index in [0.717, 1.165) is 11.3 Å². The van der Waals surface area contributed by atoms with Crippen LogP contribution in [0.3, 0.4) is 0 Å². The Morgan fingerprint density at radius 2 is 1.96 bits per heavy atom. The smallest absolute Gasteiger partial charge is 0.234 e. The zero-order valence-electron chi connectivity index (χ0n) is 15.1. The van der Waals surface area contributed by atoms with Crippen LogP contribution in [-0.2, 0) is 20.6 Å². The fourth-order valence-electron chi connectivity index (χ4n) is 2.50. The van der Waals surface area contributed by atoms with Crippen LogP contribution in [0.15, 0.2) is 60.0 Å². The van der Waals surface area contributed by atoms with Crippen LogP contribution >= 0.6 is 11.8 Å². The molecule has 28 heavy (non-hydrogen) atoms. The number of sulfonamides is 1. The van der Waals surface area contributed by atoms with Crippen LogP contribution in [0.5, 0.6) is 0 Å². The number of aromatic nitrogens is 3. The second-order valence-electron chi connectivity index (χ2n) is 6.16. The first kappa shape index (κ1) is 20.1. The van der Waals surface area contributed by atoms with E-state index < -0.39 is 10.0 Å². The van der Waals surface area contributed by atoms with Crippen LogP contribution in [0.1, 0.15) is 11.1 Å². The van der Waals surface area contributed by atoms with Crippen molar-refractivity contribution in [3.8, 4) is 5.69 Å². The summed E-state index contributed by atoms with van der Waals surface area (Å²) in [6, 6.07) is 14.5. The van der Waals surface area contributed by atoms with Gasteiger partial charge >= 0.3 is 0 Å². The Bertz CT molecular complexity index is 1080. The van der Waals surface area contributed by atoms with E-state index in [1.807, 2.05) is 35.8 Å². The Morgan fingerprint density at radius 3 is 2.68 bits per heavy atom. The molecule has 8 nitrogen and oxygen atoms in total. The summed E-state index contributed by atoms with van der Waals surface area (Å²) in [6.07, 6.45) is 1.60. The van der Waals surface area contributed by atoms with E-state index in [1.165, 1.54) is 11.8 Å². The van der Waals surface area contributed by atoms with Crippen LogP contribution in [0.4, 0.5) is 5.69 Å². The number of carbonyl (C=O) groups is 1. The van der Waals surface area contributed by atoms with Crippen LogP contribution in [0.25, 0.3) is 5.69 Å². The molecular formula is C18H19N5O3S2. The van der Waals surface area contributed by atoms with Gasteiger partial charge in [0.25, 0.3) is 0 Å². The Hall–Kier alpha value is -2.69. The molecule has 0 unspecified atom stereocenters. The van der Waals surface area contributed by atoms with E-state index in [0.29, 0.717) is 16.4 Å². The molecule has 146 valence electrons. The molecule has 0 saturated carbocycles. The third-order valence-electron chi connectivity index (χ3n) is 3.74. The molecule has 0 atom stereocenters. The van der Waals surface area contributed by atoms with E-state index in [9.17, 15) is 13.2 Å². The maximum absolute atomic E-state index is 12.3. The predicted octanol–water partition coefficient (Wildman–Crippen LogP) is 2.10. The summed E-state index contributed by atoms with van der Waals surface area (Å²) >= 11 is 1.26. The summed E-state index contributed by atoms with van der Waals surface area (Å²) in [6.45, 7) is 2.01. The van der Waals surface area contributed by atoms with Gasteiger partial charge in [-0.15, -0.1) is 10.2 Å². The lowest BCUT2D eigenvalue weighted by molar-refractivity contribution is -0.113. The van der Waals surface area contributed by atoms with E-state index >= 15 is 0 Å². The highest BCUT2D eigenvalue weighted by molar-refractivity contribution is 7.99. The number of benzene rings is 2.